The van der Waals surface area contributed by atoms with Gasteiger partial charge in [0.2, 0.25) is 11.8 Å². The van der Waals surface area contributed by atoms with Crippen molar-refractivity contribution in [2.45, 2.75) is 31.3 Å². The van der Waals surface area contributed by atoms with Gasteiger partial charge >= 0.3 is 0 Å². The summed E-state index contributed by atoms with van der Waals surface area (Å²) in [6.07, 6.45) is 3.01. The Bertz CT molecular complexity index is 1370. The number of likely N-dealkylation sites (N-methyl/N-ethyl adjacent to an activating group) is 1. The normalized spacial score (nSPS) is 21.4. The van der Waals surface area contributed by atoms with E-state index >= 15 is 0 Å². The lowest BCUT2D eigenvalue weighted by atomic mass is 9.78. The van der Waals surface area contributed by atoms with Gasteiger partial charge in [0.25, 0.3) is 0 Å². The van der Waals surface area contributed by atoms with Gasteiger partial charge in [-0.25, -0.2) is 0 Å². The number of amides is 2. The number of rotatable bonds is 8. The van der Waals surface area contributed by atoms with E-state index in [1.165, 1.54) is 0 Å². The monoisotopic (exact) mass is 502 g/mol. The van der Waals surface area contributed by atoms with E-state index in [1.54, 1.807) is 35.1 Å². The Labute approximate surface area is 217 Å². The van der Waals surface area contributed by atoms with E-state index < -0.39 is 11.6 Å². The molecule has 0 bridgehead atoms. The lowest BCUT2D eigenvalue weighted by Gasteiger charge is -2.53. The molecule has 1 fully saturated rings. The number of H-pyrrole nitrogens is 1. The molecule has 0 saturated carbocycles. The molecule has 2 aliphatic rings. The Morgan fingerprint density at radius 2 is 2.08 bits per heavy atom. The number of ether oxygens (including phenoxy) is 1. The van der Waals surface area contributed by atoms with Crippen LogP contribution in [0.15, 0.2) is 55.1 Å². The van der Waals surface area contributed by atoms with Gasteiger partial charge in [0.1, 0.15) is 17.0 Å². The number of phenols is 1. The van der Waals surface area contributed by atoms with E-state index in [1.807, 2.05) is 44.3 Å². The predicted molar refractivity (Wildman–Crippen MR) is 143 cm³/mol. The fourth-order valence-corrected chi connectivity index (χ4v) is 5.93. The first kappa shape index (κ1) is 24.9. The number of carbonyl (C=O) groups excluding carboxylic acids is 2. The number of fused-ring (bicyclic) bond motifs is 4. The van der Waals surface area contributed by atoms with Crippen LogP contribution in [0.25, 0.3) is 10.9 Å². The molecule has 0 aliphatic carbocycles. The molecule has 2 N–H and O–H groups in total. The summed E-state index contributed by atoms with van der Waals surface area (Å²) >= 11 is 0. The highest BCUT2D eigenvalue weighted by molar-refractivity contribution is 6.00. The Morgan fingerprint density at radius 3 is 2.81 bits per heavy atom. The number of hydrogen-bond donors (Lipinski definition) is 2. The molecular weight excluding hydrogens is 468 g/mol. The molecule has 1 saturated heterocycles. The number of benzene rings is 2. The lowest BCUT2D eigenvalue weighted by Crippen LogP contribution is -2.69. The van der Waals surface area contributed by atoms with E-state index in [0.717, 1.165) is 53.0 Å². The van der Waals surface area contributed by atoms with Crippen molar-refractivity contribution in [2.24, 2.45) is 0 Å². The number of nitrogens with one attached hydrogen (secondary N) is 1. The zero-order valence-corrected chi connectivity index (χ0v) is 21.7. The summed E-state index contributed by atoms with van der Waals surface area (Å²) in [5.41, 5.74) is 2.47. The Morgan fingerprint density at radius 1 is 1.27 bits per heavy atom. The molecule has 1 aromatic heterocycles. The fourth-order valence-electron chi connectivity index (χ4n) is 5.93. The van der Waals surface area contributed by atoms with Gasteiger partial charge in [-0.15, -0.1) is 6.58 Å². The van der Waals surface area contributed by atoms with Gasteiger partial charge in [-0.3, -0.25) is 9.59 Å². The first-order valence-electron chi connectivity index (χ1n) is 12.6. The summed E-state index contributed by atoms with van der Waals surface area (Å²) < 4.78 is 5.48. The molecule has 0 spiro atoms. The molecule has 2 aromatic carbocycles. The second kappa shape index (κ2) is 9.59. The van der Waals surface area contributed by atoms with Gasteiger partial charge in [0.15, 0.2) is 0 Å². The van der Waals surface area contributed by atoms with Crippen molar-refractivity contribution in [1.82, 2.24) is 19.7 Å². The van der Waals surface area contributed by atoms with Crippen molar-refractivity contribution in [3.63, 3.8) is 0 Å². The smallest absolute Gasteiger partial charge is 0.249 e. The predicted octanol–water partition coefficient (Wildman–Crippen LogP) is 3.47. The number of hydrogen-bond acceptors (Lipinski definition) is 5. The third kappa shape index (κ3) is 4.25. The highest BCUT2D eigenvalue weighted by atomic mass is 16.5. The van der Waals surface area contributed by atoms with Crippen molar-refractivity contribution in [3.8, 4) is 11.5 Å². The van der Waals surface area contributed by atoms with Crippen LogP contribution in [0, 0.1) is 0 Å². The molecule has 8 heteroatoms. The Hall–Kier alpha value is -3.78. The standard InChI is InChI=1S/C29H34N4O4/c1-5-12-31(3)13-7-14-32-18-25(35)33-27(19-8-6-9-20(34)15-19)26-23(17-29(33,2)28(32)36)22-16-21(37-4)10-11-24(22)30-26/h5-6,8-11,15-16,27,30,34H,1,7,12-14,17-18H2,2-4H3/t27-,29+/m1/s1. The number of aromatic nitrogens is 1. The molecule has 8 nitrogen and oxygen atoms in total. The maximum absolute atomic E-state index is 14.1. The van der Waals surface area contributed by atoms with Crippen LogP contribution in [-0.4, -0.2) is 82.5 Å². The fraction of sp³-hybridized carbons (Fsp3) is 0.379. The second-order valence-corrected chi connectivity index (χ2v) is 10.3. The molecule has 5 rings (SSSR count). The van der Waals surface area contributed by atoms with Crippen molar-refractivity contribution in [3.05, 3.63) is 71.9 Å². The SMILES string of the molecule is C=CCN(C)CCCN1CC(=O)N2[C@H](c3cccc(O)c3)c3[nH]c4ccc(OC)cc4c3C[C@@]2(C)C1=O. The first-order chi connectivity index (χ1) is 17.8. The quantitative estimate of drug-likeness (QED) is 0.461. The maximum Gasteiger partial charge on any atom is 0.249 e. The minimum Gasteiger partial charge on any atom is -0.508 e. The summed E-state index contributed by atoms with van der Waals surface area (Å²) in [6, 6.07) is 12.2. The topological polar surface area (TPSA) is 89.1 Å². The number of aromatic hydroxyl groups is 1. The summed E-state index contributed by atoms with van der Waals surface area (Å²) in [4.78, 5) is 37.0. The van der Waals surface area contributed by atoms with Crippen molar-refractivity contribution < 1.29 is 19.4 Å². The van der Waals surface area contributed by atoms with Crippen LogP contribution in [0.4, 0.5) is 0 Å². The summed E-state index contributed by atoms with van der Waals surface area (Å²) in [6.45, 7) is 7.79. The van der Waals surface area contributed by atoms with Crippen LogP contribution in [0.1, 0.15) is 36.2 Å². The van der Waals surface area contributed by atoms with Crippen LogP contribution in [0.3, 0.4) is 0 Å². The molecule has 37 heavy (non-hydrogen) atoms. The van der Waals surface area contributed by atoms with Crippen LogP contribution in [0.5, 0.6) is 11.5 Å². The molecule has 0 unspecified atom stereocenters. The van der Waals surface area contributed by atoms with Crippen LogP contribution < -0.4 is 4.74 Å². The summed E-state index contributed by atoms with van der Waals surface area (Å²) in [5.74, 6) is 0.695. The summed E-state index contributed by atoms with van der Waals surface area (Å²) in [5, 5.41) is 11.3. The van der Waals surface area contributed by atoms with Crippen molar-refractivity contribution in [2.75, 3.05) is 40.3 Å². The van der Waals surface area contributed by atoms with E-state index in [2.05, 4.69) is 16.5 Å². The minimum atomic E-state index is -1.07. The van der Waals surface area contributed by atoms with Gasteiger partial charge in [-0.1, -0.05) is 18.2 Å². The Balaban J connectivity index is 1.58. The van der Waals surface area contributed by atoms with Gasteiger partial charge in [-0.2, -0.15) is 0 Å². The third-order valence-electron chi connectivity index (χ3n) is 7.67. The van der Waals surface area contributed by atoms with Gasteiger partial charge in [0, 0.05) is 36.1 Å². The molecule has 2 amide bonds. The first-order valence-corrected chi connectivity index (χ1v) is 12.6. The van der Waals surface area contributed by atoms with Crippen molar-refractivity contribution in [1.29, 1.82) is 0 Å². The van der Waals surface area contributed by atoms with E-state index in [-0.39, 0.29) is 24.1 Å². The number of aromatic amines is 1. The molecule has 194 valence electrons. The Kier molecular flexibility index (Phi) is 6.45. The highest BCUT2D eigenvalue weighted by Gasteiger charge is 2.55. The highest BCUT2D eigenvalue weighted by Crippen LogP contribution is 2.47. The average molecular weight is 503 g/mol. The van der Waals surface area contributed by atoms with E-state index in [9.17, 15) is 14.7 Å². The second-order valence-electron chi connectivity index (χ2n) is 10.3. The van der Waals surface area contributed by atoms with Crippen LogP contribution in [-0.2, 0) is 16.0 Å². The number of nitrogens with zero attached hydrogens (tertiary/aromatic N) is 3. The summed E-state index contributed by atoms with van der Waals surface area (Å²) in [7, 11) is 3.65. The van der Waals surface area contributed by atoms with Gasteiger partial charge < -0.3 is 29.5 Å². The van der Waals surface area contributed by atoms with Crippen molar-refractivity contribution >= 4 is 22.7 Å². The van der Waals surface area contributed by atoms with Gasteiger partial charge in [0.05, 0.1) is 19.7 Å². The lowest BCUT2D eigenvalue weighted by molar-refractivity contribution is -0.167. The zero-order chi connectivity index (χ0) is 26.3. The maximum atomic E-state index is 14.1. The van der Waals surface area contributed by atoms with Crippen LogP contribution in [0.2, 0.25) is 0 Å². The minimum absolute atomic E-state index is 0.0400. The number of methoxy groups -OCH3 is 1. The molecule has 0 radical (unpaired) electrons. The number of piperazine rings is 1. The third-order valence-corrected chi connectivity index (χ3v) is 7.67. The molecule has 3 heterocycles. The molecular formula is C29H34N4O4. The molecule has 2 aliphatic heterocycles. The van der Waals surface area contributed by atoms with Crippen LogP contribution >= 0.6 is 0 Å². The molecule has 3 aromatic rings. The average Bonchev–Trinajstić information content (AvgIpc) is 3.23. The molecule has 2 atom stereocenters. The number of carbonyl (C=O) groups is 2. The van der Waals surface area contributed by atoms with E-state index in [0.29, 0.717) is 13.0 Å². The zero-order valence-electron chi connectivity index (χ0n) is 21.7. The van der Waals surface area contributed by atoms with E-state index in [4.69, 9.17) is 4.74 Å². The number of phenolic OH excluding ortho intramolecular Hbond substituents is 1. The largest absolute Gasteiger partial charge is 0.508 e. The van der Waals surface area contributed by atoms with Gasteiger partial charge in [-0.05, 0) is 68.4 Å².